The van der Waals surface area contributed by atoms with Crippen LogP contribution in [0.5, 0.6) is 5.75 Å². The van der Waals surface area contributed by atoms with E-state index in [1.165, 1.54) is 18.2 Å². The number of imide groups is 1. The quantitative estimate of drug-likeness (QED) is 0.0890. The molecule has 2 atom stereocenters. The van der Waals surface area contributed by atoms with Gasteiger partial charge in [-0.2, -0.15) is 0 Å². The second-order valence-electron chi connectivity index (χ2n) is 16.4. The first-order valence-corrected chi connectivity index (χ1v) is 19.9. The average molecular weight is 785 g/mol. The van der Waals surface area contributed by atoms with Gasteiger partial charge >= 0.3 is 24.5 Å². The molecule has 1 aliphatic rings. The van der Waals surface area contributed by atoms with Gasteiger partial charge in [-0.3, -0.25) is 14.3 Å². The van der Waals surface area contributed by atoms with Gasteiger partial charge in [0.1, 0.15) is 22.6 Å². The lowest BCUT2D eigenvalue weighted by molar-refractivity contribution is -0.274. The number of unbranched alkanes of at least 4 members (excludes halogenated alkanes) is 1. The Balaban J connectivity index is 1.97. The molecule has 0 aliphatic carbocycles. The van der Waals surface area contributed by atoms with Gasteiger partial charge in [-0.25, -0.2) is 14.5 Å². The molecule has 15 heteroatoms. The number of esters is 1. The fraction of sp³-hybridized carbons (Fsp3) is 0.615. The number of rotatable bonds is 12. The monoisotopic (exact) mass is 784 g/mol. The van der Waals surface area contributed by atoms with E-state index in [9.17, 15) is 32.1 Å². The van der Waals surface area contributed by atoms with Crippen molar-refractivity contribution in [2.24, 2.45) is 0 Å². The van der Waals surface area contributed by atoms with Crippen LogP contribution in [0.2, 0.25) is 0 Å². The zero-order valence-corrected chi connectivity index (χ0v) is 34.0. The minimum absolute atomic E-state index is 0.00735. The Bertz CT molecular complexity index is 1640. The van der Waals surface area contributed by atoms with E-state index in [0.717, 1.165) is 10.5 Å². The van der Waals surface area contributed by atoms with E-state index in [-0.39, 0.29) is 57.4 Å². The lowest BCUT2D eigenvalue weighted by Crippen LogP contribution is -2.56. The van der Waals surface area contributed by atoms with Crippen molar-refractivity contribution in [1.82, 2.24) is 9.80 Å². The molecular formula is C39H56F3N2O9P. The number of alkyl halides is 3. The summed E-state index contributed by atoms with van der Waals surface area (Å²) in [5, 5.41) is -1.62. The summed E-state index contributed by atoms with van der Waals surface area (Å²) in [6, 6.07) is 12.9. The van der Waals surface area contributed by atoms with Crippen LogP contribution in [0.1, 0.15) is 94.1 Å². The van der Waals surface area contributed by atoms with Crippen LogP contribution in [-0.2, 0) is 34.6 Å². The highest BCUT2D eigenvalue weighted by molar-refractivity contribution is 7.62. The standard InChI is InChI=1S/C39H56F3N2O9P/c1-11-49-54(48)24-23-43(26-29-17-12-13-20-31(29)28-18-16-19-30(25-28)50-39(40,41)42)27-38(54,32(45)51-35(2,3)4)21-14-15-22-44(33(46)52-36(5,6)7)34(47)53-37(8,9)10/h12-13,16-20,25H,11,14-15,21-24,26-27H2,1-10H3. The van der Waals surface area contributed by atoms with Gasteiger partial charge in [-0.15, -0.1) is 13.2 Å². The van der Waals surface area contributed by atoms with E-state index >= 15 is 0 Å². The first kappa shape index (κ1) is 44.8. The lowest BCUT2D eigenvalue weighted by atomic mass is 9.96. The molecule has 0 radical (unpaired) electrons. The molecule has 1 aliphatic heterocycles. The van der Waals surface area contributed by atoms with Crippen LogP contribution >= 0.6 is 7.37 Å². The summed E-state index contributed by atoms with van der Waals surface area (Å²) < 4.78 is 81.0. The van der Waals surface area contributed by atoms with Gasteiger partial charge in [0, 0.05) is 32.3 Å². The minimum atomic E-state index is -4.85. The highest BCUT2D eigenvalue weighted by Crippen LogP contribution is 2.64. The van der Waals surface area contributed by atoms with Crippen LogP contribution in [-0.4, -0.2) is 88.7 Å². The summed E-state index contributed by atoms with van der Waals surface area (Å²) in [5.41, 5.74) is -0.765. The van der Waals surface area contributed by atoms with E-state index in [1.807, 2.05) is 17.0 Å². The first-order chi connectivity index (χ1) is 24.8. The summed E-state index contributed by atoms with van der Waals surface area (Å²) in [6.07, 6.45) is -6.06. The maximum Gasteiger partial charge on any atom is 0.573 e. The van der Waals surface area contributed by atoms with Gasteiger partial charge in [-0.05, 0) is 117 Å². The maximum atomic E-state index is 14.9. The molecule has 302 valence electrons. The van der Waals surface area contributed by atoms with Crippen molar-refractivity contribution in [3.63, 3.8) is 0 Å². The number of hydrogen-bond acceptors (Lipinski definition) is 10. The largest absolute Gasteiger partial charge is 0.573 e. The molecule has 11 nitrogen and oxygen atoms in total. The molecule has 2 aromatic carbocycles. The normalized spacial score (nSPS) is 19.9. The number of halogens is 3. The third-order valence-electron chi connectivity index (χ3n) is 8.20. The molecule has 0 N–H and O–H groups in total. The molecule has 0 spiro atoms. The first-order valence-electron chi connectivity index (χ1n) is 18.1. The van der Waals surface area contributed by atoms with Crippen LogP contribution in [0.15, 0.2) is 48.5 Å². The number of carbonyl (C=O) groups is 3. The third kappa shape index (κ3) is 13.0. The Morgan fingerprint density at radius 3 is 1.98 bits per heavy atom. The fourth-order valence-electron chi connectivity index (χ4n) is 6.12. The Hall–Kier alpha value is -3.61. The van der Waals surface area contributed by atoms with Crippen molar-refractivity contribution >= 4 is 25.5 Å². The average Bonchev–Trinajstić information content (AvgIpc) is 2.99. The van der Waals surface area contributed by atoms with E-state index in [4.69, 9.17) is 18.7 Å². The molecule has 0 aromatic heterocycles. The number of hydrogen-bond donors (Lipinski definition) is 0. The van der Waals surface area contributed by atoms with Crippen LogP contribution in [0, 0.1) is 0 Å². The fourth-order valence-corrected chi connectivity index (χ4v) is 9.13. The molecule has 0 saturated carbocycles. The summed E-state index contributed by atoms with van der Waals surface area (Å²) in [4.78, 5) is 43.5. The molecule has 2 aromatic rings. The summed E-state index contributed by atoms with van der Waals surface area (Å²) in [7, 11) is -3.73. The number of amides is 2. The van der Waals surface area contributed by atoms with Crippen molar-refractivity contribution in [3.8, 4) is 16.9 Å². The lowest BCUT2D eigenvalue weighted by Gasteiger charge is -2.46. The maximum absolute atomic E-state index is 14.9. The molecule has 3 rings (SSSR count). The molecular weight excluding hydrogens is 728 g/mol. The van der Waals surface area contributed by atoms with E-state index in [2.05, 4.69) is 4.74 Å². The second kappa shape index (κ2) is 17.5. The van der Waals surface area contributed by atoms with Crippen LogP contribution in [0.3, 0.4) is 0 Å². The topological polar surface area (TPSA) is 121 Å². The van der Waals surface area contributed by atoms with Gasteiger partial charge in [-0.1, -0.05) is 36.4 Å². The smallest absolute Gasteiger partial charge is 0.459 e. The van der Waals surface area contributed by atoms with Crippen molar-refractivity contribution in [1.29, 1.82) is 0 Å². The number of ether oxygens (including phenoxy) is 4. The molecule has 1 saturated heterocycles. The van der Waals surface area contributed by atoms with Crippen LogP contribution in [0.25, 0.3) is 11.1 Å². The Kier molecular flexibility index (Phi) is 14.5. The molecule has 54 heavy (non-hydrogen) atoms. The molecule has 1 heterocycles. The number of carbonyl (C=O) groups excluding carboxylic acids is 3. The SMILES string of the molecule is CCOP1(=O)CCN(Cc2ccccc2-c2cccc(OC(F)(F)F)c2)CC1(CCCCN(C(=O)OC(C)(C)C)C(=O)OC(C)(C)C)C(=O)OC(C)(C)C. The van der Waals surface area contributed by atoms with Crippen LogP contribution in [0.4, 0.5) is 22.8 Å². The van der Waals surface area contributed by atoms with Gasteiger partial charge in [0.25, 0.3) is 0 Å². The van der Waals surface area contributed by atoms with Gasteiger partial charge in [0.15, 0.2) is 5.16 Å². The zero-order chi connectivity index (χ0) is 40.8. The Labute approximate surface area is 317 Å². The summed E-state index contributed by atoms with van der Waals surface area (Å²) in [6.45, 7) is 17.5. The van der Waals surface area contributed by atoms with Crippen molar-refractivity contribution in [3.05, 3.63) is 54.1 Å². The number of benzene rings is 2. The highest BCUT2D eigenvalue weighted by Gasteiger charge is 2.59. The van der Waals surface area contributed by atoms with E-state index in [0.29, 0.717) is 17.7 Å². The van der Waals surface area contributed by atoms with Crippen molar-refractivity contribution in [2.45, 2.75) is 123 Å². The van der Waals surface area contributed by atoms with Crippen molar-refractivity contribution < 1.29 is 55.6 Å². The van der Waals surface area contributed by atoms with E-state index < -0.39 is 53.8 Å². The minimum Gasteiger partial charge on any atom is -0.459 e. The second-order valence-corrected chi connectivity index (χ2v) is 19.3. The summed E-state index contributed by atoms with van der Waals surface area (Å²) >= 11 is 0. The van der Waals surface area contributed by atoms with E-state index in [1.54, 1.807) is 87.4 Å². The van der Waals surface area contributed by atoms with Gasteiger partial charge in [0.2, 0.25) is 7.37 Å². The van der Waals surface area contributed by atoms with Crippen molar-refractivity contribution in [2.75, 3.05) is 32.4 Å². The van der Waals surface area contributed by atoms with Gasteiger partial charge < -0.3 is 23.5 Å². The van der Waals surface area contributed by atoms with Crippen LogP contribution < -0.4 is 4.74 Å². The van der Waals surface area contributed by atoms with Gasteiger partial charge in [0.05, 0.1) is 6.61 Å². The molecule has 0 bridgehead atoms. The number of nitrogens with zero attached hydrogens (tertiary/aromatic N) is 2. The summed E-state index contributed by atoms with van der Waals surface area (Å²) in [5.74, 6) is -1.04. The molecule has 2 amide bonds. The third-order valence-corrected chi connectivity index (χ3v) is 11.5. The predicted octanol–water partition coefficient (Wildman–Crippen LogP) is 9.81. The molecule has 1 fully saturated rings. The molecule has 2 unspecified atom stereocenters. The predicted molar refractivity (Wildman–Crippen MR) is 200 cm³/mol. The Morgan fingerprint density at radius 2 is 1.43 bits per heavy atom. The highest BCUT2D eigenvalue weighted by atomic mass is 31.2. The Morgan fingerprint density at radius 1 is 0.833 bits per heavy atom. The zero-order valence-electron chi connectivity index (χ0n) is 33.1.